The van der Waals surface area contributed by atoms with Crippen molar-refractivity contribution in [3.05, 3.63) is 23.7 Å². The molecule has 2 N–H and O–H groups in total. The van der Waals surface area contributed by atoms with Gasteiger partial charge in [0.05, 0.1) is 28.9 Å². The molecule has 0 bridgehead atoms. The molecule has 100 valence electrons. The van der Waals surface area contributed by atoms with Gasteiger partial charge in [0.15, 0.2) is 0 Å². The Hall–Kier alpha value is -1.50. The zero-order valence-electron chi connectivity index (χ0n) is 10.4. The van der Waals surface area contributed by atoms with Crippen LogP contribution in [0.15, 0.2) is 23.7 Å². The molecule has 1 aromatic heterocycles. The number of anilines is 1. The number of nitrogens with zero attached hydrogens (tertiary/aromatic N) is 1. The minimum absolute atomic E-state index is 0.00636. The van der Waals surface area contributed by atoms with Crippen LogP contribution >= 0.6 is 11.3 Å². The molecule has 0 aliphatic carbocycles. The van der Waals surface area contributed by atoms with Crippen LogP contribution in [0.5, 0.6) is 0 Å². The van der Waals surface area contributed by atoms with Crippen LogP contribution in [0.1, 0.15) is 6.42 Å². The number of hydrogen-bond donors (Lipinski definition) is 2. The van der Waals surface area contributed by atoms with Crippen molar-refractivity contribution in [2.24, 2.45) is 0 Å². The molecule has 1 fully saturated rings. The highest BCUT2D eigenvalue weighted by atomic mass is 32.1. The Bertz CT molecular complexity index is 578. The maximum absolute atomic E-state index is 11.9. The number of ether oxygens (including phenoxy) is 1. The van der Waals surface area contributed by atoms with Crippen molar-refractivity contribution in [3.8, 4) is 0 Å². The van der Waals surface area contributed by atoms with Gasteiger partial charge in [-0.05, 0) is 18.2 Å². The predicted octanol–water partition coefficient (Wildman–Crippen LogP) is 1.61. The Morgan fingerprint density at radius 3 is 3.37 bits per heavy atom. The summed E-state index contributed by atoms with van der Waals surface area (Å²) in [5, 5.41) is 6.18. The molecule has 1 atom stereocenters. The van der Waals surface area contributed by atoms with E-state index in [1.807, 2.05) is 18.2 Å². The van der Waals surface area contributed by atoms with Gasteiger partial charge >= 0.3 is 0 Å². The molecule has 0 spiro atoms. The highest BCUT2D eigenvalue weighted by Crippen LogP contribution is 2.21. The molecule has 1 aromatic carbocycles. The summed E-state index contributed by atoms with van der Waals surface area (Å²) in [6.07, 6.45) is 0.431. The molecule has 0 saturated carbocycles. The highest BCUT2D eigenvalue weighted by Gasteiger charge is 2.16. The number of carbonyl (C=O) groups is 1. The van der Waals surface area contributed by atoms with Crippen molar-refractivity contribution in [3.63, 3.8) is 0 Å². The second-order valence-electron chi connectivity index (χ2n) is 4.51. The molecule has 2 aromatic rings. The van der Waals surface area contributed by atoms with Crippen LogP contribution in [0.2, 0.25) is 0 Å². The molecule has 5 nitrogen and oxygen atoms in total. The van der Waals surface area contributed by atoms with Gasteiger partial charge in [0.1, 0.15) is 0 Å². The highest BCUT2D eigenvalue weighted by molar-refractivity contribution is 7.16. The van der Waals surface area contributed by atoms with E-state index in [0.29, 0.717) is 13.0 Å². The Morgan fingerprint density at radius 2 is 2.53 bits per heavy atom. The number of thiazole rings is 1. The maximum Gasteiger partial charge on any atom is 0.226 e. The first-order chi connectivity index (χ1) is 9.31. The van der Waals surface area contributed by atoms with Crippen molar-refractivity contribution >= 4 is 33.1 Å². The fraction of sp³-hybridized carbons (Fsp3) is 0.385. The van der Waals surface area contributed by atoms with Gasteiger partial charge < -0.3 is 15.4 Å². The third-order valence-electron chi connectivity index (χ3n) is 3.05. The second kappa shape index (κ2) is 5.64. The zero-order chi connectivity index (χ0) is 13.1. The van der Waals surface area contributed by atoms with Gasteiger partial charge in [-0.25, -0.2) is 4.98 Å². The Kier molecular flexibility index (Phi) is 3.72. The molecule has 1 aliphatic heterocycles. The van der Waals surface area contributed by atoms with Crippen LogP contribution in [-0.2, 0) is 9.53 Å². The summed E-state index contributed by atoms with van der Waals surface area (Å²) in [4.78, 5) is 16.1. The van der Waals surface area contributed by atoms with E-state index in [0.717, 1.165) is 29.1 Å². The van der Waals surface area contributed by atoms with E-state index in [-0.39, 0.29) is 11.9 Å². The molecular formula is C13H15N3O2S. The zero-order valence-corrected chi connectivity index (χ0v) is 11.2. The second-order valence-corrected chi connectivity index (χ2v) is 5.40. The Labute approximate surface area is 115 Å². The van der Waals surface area contributed by atoms with Crippen molar-refractivity contribution in [2.75, 3.05) is 25.1 Å². The van der Waals surface area contributed by atoms with Gasteiger partial charge in [0, 0.05) is 24.7 Å². The number of benzene rings is 1. The number of nitrogens with one attached hydrogen (secondary N) is 2. The minimum atomic E-state index is 0.00636. The quantitative estimate of drug-likeness (QED) is 0.895. The number of morpholine rings is 1. The van der Waals surface area contributed by atoms with E-state index < -0.39 is 0 Å². The molecule has 6 heteroatoms. The molecule has 2 heterocycles. The summed E-state index contributed by atoms with van der Waals surface area (Å²) >= 11 is 1.57. The average Bonchev–Trinajstić information content (AvgIpc) is 2.87. The summed E-state index contributed by atoms with van der Waals surface area (Å²) in [5.74, 6) is 0.00636. The topological polar surface area (TPSA) is 63.2 Å². The molecule has 1 amide bonds. The Balaban J connectivity index is 1.61. The summed E-state index contributed by atoms with van der Waals surface area (Å²) in [6.45, 7) is 2.13. The van der Waals surface area contributed by atoms with E-state index in [1.54, 1.807) is 16.8 Å². The van der Waals surface area contributed by atoms with Crippen molar-refractivity contribution in [1.82, 2.24) is 10.3 Å². The summed E-state index contributed by atoms with van der Waals surface area (Å²) < 4.78 is 6.41. The SMILES string of the molecule is O=C(CC1COCCN1)Nc1ccc2ncsc2c1. The van der Waals surface area contributed by atoms with E-state index >= 15 is 0 Å². The van der Waals surface area contributed by atoms with Gasteiger partial charge in [-0.3, -0.25) is 4.79 Å². The van der Waals surface area contributed by atoms with Gasteiger partial charge in [0.25, 0.3) is 0 Å². The first-order valence-corrected chi connectivity index (χ1v) is 7.13. The van der Waals surface area contributed by atoms with Crippen molar-refractivity contribution in [2.45, 2.75) is 12.5 Å². The van der Waals surface area contributed by atoms with E-state index in [1.165, 1.54) is 0 Å². The van der Waals surface area contributed by atoms with E-state index in [4.69, 9.17) is 4.74 Å². The average molecular weight is 277 g/mol. The molecule has 3 rings (SSSR count). The molecule has 1 aliphatic rings. The fourth-order valence-electron chi connectivity index (χ4n) is 2.12. The largest absolute Gasteiger partial charge is 0.378 e. The lowest BCUT2D eigenvalue weighted by Gasteiger charge is -2.23. The normalized spacial score (nSPS) is 19.5. The first-order valence-electron chi connectivity index (χ1n) is 6.25. The van der Waals surface area contributed by atoms with Gasteiger partial charge in [0.2, 0.25) is 5.91 Å². The van der Waals surface area contributed by atoms with Gasteiger partial charge in [-0.1, -0.05) is 0 Å². The third-order valence-corrected chi connectivity index (χ3v) is 3.84. The predicted molar refractivity (Wildman–Crippen MR) is 75.5 cm³/mol. The van der Waals surface area contributed by atoms with Gasteiger partial charge in [-0.15, -0.1) is 11.3 Å². The molecule has 1 unspecified atom stereocenters. The number of carbonyl (C=O) groups excluding carboxylic acids is 1. The standard InChI is InChI=1S/C13H15N3O2S/c17-13(6-10-7-18-4-3-14-10)16-9-1-2-11-12(5-9)19-8-15-11/h1-2,5,8,10,14H,3-4,6-7H2,(H,16,17). The molecule has 1 saturated heterocycles. The summed E-state index contributed by atoms with van der Waals surface area (Å²) in [6, 6.07) is 5.87. The van der Waals surface area contributed by atoms with Gasteiger partial charge in [-0.2, -0.15) is 0 Å². The number of amides is 1. The van der Waals surface area contributed by atoms with Crippen LogP contribution in [0.25, 0.3) is 10.2 Å². The van der Waals surface area contributed by atoms with Crippen LogP contribution in [0.4, 0.5) is 5.69 Å². The Morgan fingerprint density at radius 1 is 1.58 bits per heavy atom. The molecule has 19 heavy (non-hydrogen) atoms. The van der Waals surface area contributed by atoms with E-state index in [9.17, 15) is 4.79 Å². The maximum atomic E-state index is 11.9. The third kappa shape index (κ3) is 3.09. The molecular weight excluding hydrogens is 262 g/mol. The van der Waals surface area contributed by atoms with Crippen LogP contribution in [0, 0.1) is 0 Å². The summed E-state index contributed by atoms with van der Waals surface area (Å²) in [7, 11) is 0. The number of aromatic nitrogens is 1. The van der Waals surface area contributed by atoms with Crippen molar-refractivity contribution < 1.29 is 9.53 Å². The smallest absolute Gasteiger partial charge is 0.226 e. The lowest BCUT2D eigenvalue weighted by Crippen LogP contribution is -2.43. The fourth-order valence-corrected chi connectivity index (χ4v) is 2.84. The minimum Gasteiger partial charge on any atom is -0.378 e. The number of fused-ring (bicyclic) bond motifs is 1. The number of hydrogen-bond acceptors (Lipinski definition) is 5. The molecule has 0 radical (unpaired) electrons. The van der Waals surface area contributed by atoms with E-state index in [2.05, 4.69) is 15.6 Å². The number of rotatable bonds is 3. The first kappa shape index (κ1) is 12.5. The summed E-state index contributed by atoms with van der Waals surface area (Å²) in [5.41, 5.74) is 3.59. The van der Waals surface area contributed by atoms with Crippen LogP contribution in [0.3, 0.4) is 0 Å². The van der Waals surface area contributed by atoms with Crippen LogP contribution in [-0.4, -0.2) is 36.7 Å². The lowest BCUT2D eigenvalue weighted by atomic mass is 10.2. The monoisotopic (exact) mass is 277 g/mol. The van der Waals surface area contributed by atoms with Crippen LogP contribution < -0.4 is 10.6 Å². The lowest BCUT2D eigenvalue weighted by molar-refractivity contribution is -0.117. The van der Waals surface area contributed by atoms with Crippen molar-refractivity contribution in [1.29, 1.82) is 0 Å².